The summed E-state index contributed by atoms with van der Waals surface area (Å²) in [6.07, 6.45) is 3.55. The fraction of sp³-hybridized carbons (Fsp3) is 0.500. The van der Waals surface area contributed by atoms with E-state index in [1.54, 1.807) is 7.11 Å². The van der Waals surface area contributed by atoms with E-state index in [-0.39, 0.29) is 6.04 Å². The third kappa shape index (κ3) is 4.02. The fourth-order valence-corrected chi connectivity index (χ4v) is 4.33. The fourth-order valence-electron chi connectivity index (χ4n) is 4.33. The first-order valence-electron chi connectivity index (χ1n) is 10.1. The van der Waals surface area contributed by atoms with Crippen molar-refractivity contribution >= 4 is 11.2 Å². The molecule has 0 amide bonds. The van der Waals surface area contributed by atoms with E-state index in [0.29, 0.717) is 11.8 Å². The standard InChI is InChI=1S/C22H29N5O/c1-14-10-18(12-21(23-14)28-4)11-17-6-5-9-27(13-17)15(2)19-7-8-20-22(26-19)25-16(3)24-20/h7-8,10,12,15,17H,5-6,9,11,13H2,1-4H3,(H,24,25,26)/t15?,17-/m1/s1. The molecule has 6 heteroatoms. The van der Waals surface area contributed by atoms with Crippen molar-refractivity contribution in [2.24, 2.45) is 5.92 Å². The quantitative estimate of drug-likeness (QED) is 0.726. The SMILES string of the molecule is COc1cc(C[C@H]2CCCN(C(C)c3ccc4[nH]c(C)nc4n3)C2)cc(C)n1. The Morgan fingerprint density at radius 3 is 2.89 bits per heavy atom. The Hall–Kier alpha value is -2.47. The Morgan fingerprint density at radius 2 is 2.07 bits per heavy atom. The van der Waals surface area contributed by atoms with Crippen LogP contribution < -0.4 is 4.74 Å². The van der Waals surface area contributed by atoms with Gasteiger partial charge in [-0.3, -0.25) is 4.90 Å². The van der Waals surface area contributed by atoms with Crippen molar-refractivity contribution in [3.8, 4) is 5.88 Å². The van der Waals surface area contributed by atoms with Crippen LogP contribution >= 0.6 is 0 Å². The molecule has 1 fully saturated rings. The van der Waals surface area contributed by atoms with Crippen LogP contribution in [0.2, 0.25) is 0 Å². The van der Waals surface area contributed by atoms with Gasteiger partial charge in [0.15, 0.2) is 5.65 Å². The van der Waals surface area contributed by atoms with Gasteiger partial charge < -0.3 is 9.72 Å². The Labute approximate surface area is 166 Å². The van der Waals surface area contributed by atoms with Gasteiger partial charge in [-0.25, -0.2) is 15.0 Å². The van der Waals surface area contributed by atoms with Crippen LogP contribution in [0.1, 0.15) is 48.6 Å². The second kappa shape index (κ2) is 7.87. The van der Waals surface area contributed by atoms with Crippen molar-refractivity contribution < 1.29 is 4.74 Å². The van der Waals surface area contributed by atoms with Gasteiger partial charge in [0.25, 0.3) is 0 Å². The smallest absolute Gasteiger partial charge is 0.213 e. The maximum absolute atomic E-state index is 5.34. The van der Waals surface area contributed by atoms with Crippen LogP contribution in [0.15, 0.2) is 24.3 Å². The number of aromatic amines is 1. The largest absolute Gasteiger partial charge is 0.481 e. The van der Waals surface area contributed by atoms with E-state index in [2.05, 4.69) is 51.0 Å². The van der Waals surface area contributed by atoms with Gasteiger partial charge >= 0.3 is 0 Å². The highest BCUT2D eigenvalue weighted by atomic mass is 16.5. The highest BCUT2D eigenvalue weighted by molar-refractivity contribution is 5.70. The molecule has 4 rings (SSSR count). The van der Waals surface area contributed by atoms with Gasteiger partial charge in [0, 0.05) is 24.3 Å². The first-order valence-corrected chi connectivity index (χ1v) is 10.1. The summed E-state index contributed by atoms with van der Waals surface area (Å²) < 4.78 is 5.34. The zero-order chi connectivity index (χ0) is 19.7. The lowest BCUT2D eigenvalue weighted by molar-refractivity contribution is 0.129. The first kappa shape index (κ1) is 18.9. The number of pyridine rings is 2. The van der Waals surface area contributed by atoms with Crippen LogP contribution in [0, 0.1) is 19.8 Å². The summed E-state index contributed by atoms with van der Waals surface area (Å²) in [4.78, 5) is 19.5. The molecule has 0 aliphatic carbocycles. The van der Waals surface area contributed by atoms with Crippen LogP contribution in [0.3, 0.4) is 0 Å². The molecule has 2 atom stereocenters. The summed E-state index contributed by atoms with van der Waals surface area (Å²) in [6, 6.07) is 8.77. The summed E-state index contributed by atoms with van der Waals surface area (Å²) in [5.74, 6) is 2.26. The molecule has 28 heavy (non-hydrogen) atoms. The Bertz CT molecular complexity index is 967. The number of fused-ring (bicyclic) bond motifs is 1. The van der Waals surface area contributed by atoms with E-state index in [9.17, 15) is 0 Å². The van der Waals surface area contributed by atoms with Crippen molar-refractivity contribution in [2.45, 2.75) is 46.1 Å². The average molecular weight is 380 g/mol. The molecule has 0 aromatic carbocycles. The summed E-state index contributed by atoms with van der Waals surface area (Å²) >= 11 is 0. The average Bonchev–Trinajstić information content (AvgIpc) is 3.06. The summed E-state index contributed by atoms with van der Waals surface area (Å²) in [5, 5.41) is 0. The minimum absolute atomic E-state index is 0.290. The number of H-pyrrole nitrogens is 1. The van der Waals surface area contributed by atoms with Gasteiger partial charge in [-0.2, -0.15) is 0 Å². The lowest BCUT2D eigenvalue weighted by Gasteiger charge is -2.36. The van der Waals surface area contributed by atoms with E-state index in [0.717, 1.165) is 47.9 Å². The summed E-state index contributed by atoms with van der Waals surface area (Å²) in [7, 11) is 1.68. The van der Waals surface area contributed by atoms with Gasteiger partial charge in [0.1, 0.15) is 5.82 Å². The van der Waals surface area contributed by atoms with Crippen molar-refractivity contribution in [1.82, 2.24) is 24.8 Å². The number of rotatable bonds is 5. The van der Waals surface area contributed by atoms with Gasteiger partial charge in [0.2, 0.25) is 5.88 Å². The second-order valence-corrected chi connectivity index (χ2v) is 7.97. The molecule has 1 saturated heterocycles. The Kier molecular flexibility index (Phi) is 5.31. The minimum atomic E-state index is 0.290. The molecule has 4 heterocycles. The molecule has 0 saturated carbocycles. The maximum atomic E-state index is 5.34. The molecule has 148 valence electrons. The number of piperidine rings is 1. The van der Waals surface area contributed by atoms with Crippen LogP contribution in [0.5, 0.6) is 5.88 Å². The Balaban J connectivity index is 1.47. The maximum Gasteiger partial charge on any atom is 0.213 e. The lowest BCUT2D eigenvalue weighted by Crippen LogP contribution is -2.38. The number of nitrogens with one attached hydrogen (secondary N) is 1. The monoisotopic (exact) mass is 379 g/mol. The molecule has 1 N–H and O–H groups in total. The zero-order valence-electron chi connectivity index (χ0n) is 17.2. The van der Waals surface area contributed by atoms with Gasteiger partial charge in [-0.05, 0) is 76.3 Å². The van der Waals surface area contributed by atoms with E-state index < -0.39 is 0 Å². The first-order chi connectivity index (χ1) is 13.5. The van der Waals surface area contributed by atoms with Crippen molar-refractivity contribution in [2.75, 3.05) is 20.2 Å². The molecule has 3 aromatic heterocycles. The molecule has 0 spiro atoms. The van der Waals surface area contributed by atoms with Crippen LogP contribution in [-0.4, -0.2) is 45.0 Å². The molecule has 0 bridgehead atoms. The van der Waals surface area contributed by atoms with Gasteiger partial charge in [-0.1, -0.05) is 0 Å². The predicted octanol–water partition coefficient (Wildman–Crippen LogP) is 3.99. The number of nitrogens with zero attached hydrogens (tertiary/aromatic N) is 4. The van der Waals surface area contributed by atoms with Crippen LogP contribution in [-0.2, 0) is 6.42 Å². The van der Waals surface area contributed by atoms with Crippen LogP contribution in [0.25, 0.3) is 11.2 Å². The topological polar surface area (TPSA) is 66.9 Å². The molecule has 6 nitrogen and oxygen atoms in total. The number of hydrogen-bond donors (Lipinski definition) is 1. The minimum Gasteiger partial charge on any atom is -0.481 e. The van der Waals surface area contributed by atoms with E-state index in [4.69, 9.17) is 9.72 Å². The number of hydrogen-bond acceptors (Lipinski definition) is 5. The van der Waals surface area contributed by atoms with Crippen molar-refractivity contribution in [3.05, 3.63) is 47.0 Å². The highest BCUT2D eigenvalue weighted by Gasteiger charge is 2.25. The van der Waals surface area contributed by atoms with E-state index in [1.165, 1.54) is 18.4 Å². The van der Waals surface area contributed by atoms with Crippen LogP contribution in [0.4, 0.5) is 0 Å². The number of likely N-dealkylation sites (tertiary alicyclic amines) is 1. The van der Waals surface area contributed by atoms with Crippen molar-refractivity contribution in [1.29, 1.82) is 0 Å². The highest BCUT2D eigenvalue weighted by Crippen LogP contribution is 2.29. The van der Waals surface area contributed by atoms with Gasteiger partial charge in [-0.15, -0.1) is 0 Å². The second-order valence-electron chi connectivity index (χ2n) is 7.97. The molecule has 0 radical (unpaired) electrons. The molecular weight excluding hydrogens is 350 g/mol. The van der Waals surface area contributed by atoms with E-state index in [1.807, 2.05) is 13.8 Å². The molecule has 3 aromatic rings. The Morgan fingerprint density at radius 1 is 1.21 bits per heavy atom. The molecule has 1 unspecified atom stereocenters. The lowest BCUT2D eigenvalue weighted by atomic mass is 9.90. The number of ether oxygens (including phenoxy) is 1. The van der Waals surface area contributed by atoms with E-state index >= 15 is 0 Å². The summed E-state index contributed by atoms with van der Waals surface area (Å²) in [5.41, 5.74) is 5.25. The predicted molar refractivity (Wildman–Crippen MR) is 111 cm³/mol. The number of imidazole rings is 1. The number of methoxy groups -OCH3 is 1. The third-order valence-corrected chi connectivity index (χ3v) is 5.74. The van der Waals surface area contributed by atoms with Crippen molar-refractivity contribution in [3.63, 3.8) is 0 Å². The molecular formula is C22H29N5O. The number of aromatic nitrogens is 4. The number of aryl methyl sites for hydroxylation is 2. The third-order valence-electron chi connectivity index (χ3n) is 5.74. The summed E-state index contributed by atoms with van der Waals surface area (Å²) in [6.45, 7) is 8.46. The van der Waals surface area contributed by atoms with Gasteiger partial charge in [0.05, 0.1) is 18.3 Å². The normalized spacial score (nSPS) is 19.1. The zero-order valence-corrected chi connectivity index (χ0v) is 17.2. The molecule has 1 aliphatic rings. The molecule has 1 aliphatic heterocycles.